The van der Waals surface area contributed by atoms with Crippen molar-refractivity contribution in [3.05, 3.63) is 88.6 Å². The van der Waals surface area contributed by atoms with Crippen molar-refractivity contribution < 1.29 is 19.2 Å². The lowest BCUT2D eigenvalue weighted by Gasteiger charge is -2.29. The van der Waals surface area contributed by atoms with E-state index in [4.69, 9.17) is 11.6 Å². The summed E-state index contributed by atoms with van der Waals surface area (Å²) in [7, 11) is 0. The molecule has 2 saturated heterocycles. The first-order chi connectivity index (χ1) is 19.7. The van der Waals surface area contributed by atoms with Crippen LogP contribution >= 0.6 is 11.6 Å². The van der Waals surface area contributed by atoms with E-state index in [1.54, 1.807) is 36.4 Å². The van der Waals surface area contributed by atoms with Crippen LogP contribution in [0.5, 0.6) is 0 Å². The number of rotatable bonds is 4. The largest absolute Gasteiger partial charge is 0.361 e. The van der Waals surface area contributed by atoms with Gasteiger partial charge in [-0.2, -0.15) is 0 Å². The van der Waals surface area contributed by atoms with E-state index >= 15 is 0 Å². The Kier molecular flexibility index (Phi) is 5.61. The minimum absolute atomic E-state index is 0.227. The lowest BCUT2D eigenvalue weighted by atomic mass is 9.76. The summed E-state index contributed by atoms with van der Waals surface area (Å²) >= 11 is 6.39. The number of halogens is 1. The third-order valence-electron chi connectivity index (χ3n) is 8.65. The molecule has 1 aromatic heterocycles. The molecule has 10 heteroatoms. The van der Waals surface area contributed by atoms with Gasteiger partial charge >= 0.3 is 0 Å². The van der Waals surface area contributed by atoms with E-state index in [1.165, 1.54) is 11.8 Å². The van der Waals surface area contributed by atoms with E-state index in [0.29, 0.717) is 39.6 Å². The van der Waals surface area contributed by atoms with Gasteiger partial charge in [-0.15, -0.1) is 0 Å². The quantitative estimate of drug-likeness (QED) is 0.274. The molecule has 4 heterocycles. The average Bonchev–Trinajstić information content (AvgIpc) is 3.66. The van der Waals surface area contributed by atoms with Gasteiger partial charge in [0.15, 0.2) is 0 Å². The minimum Gasteiger partial charge on any atom is -0.361 e. The van der Waals surface area contributed by atoms with Crippen LogP contribution in [0.3, 0.4) is 0 Å². The highest BCUT2D eigenvalue weighted by Gasteiger charge is 2.70. The van der Waals surface area contributed by atoms with Crippen LogP contribution in [-0.2, 0) is 31.1 Å². The van der Waals surface area contributed by atoms with Gasteiger partial charge < -0.3 is 15.6 Å². The number of nitrogens with one attached hydrogen (secondary N) is 4. The van der Waals surface area contributed by atoms with Crippen LogP contribution < -0.4 is 20.9 Å². The Labute approximate surface area is 240 Å². The third kappa shape index (κ3) is 3.59. The number of para-hydroxylation sites is 1. The van der Waals surface area contributed by atoms with Crippen molar-refractivity contribution in [3.8, 4) is 0 Å². The second kappa shape index (κ2) is 9.02. The molecule has 0 unspecified atom stereocenters. The number of hydrogen-bond acceptors (Lipinski definition) is 5. The molecule has 1 spiro atoms. The number of amides is 4. The highest BCUT2D eigenvalue weighted by molar-refractivity contribution is 6.32. The van der Waals surface area contributed by atoms with Gasteiger partial charge in [-0.05, 0) is 60.9 Å². The second-order valence-electron chi connectivity index (χ2n) is 10.9. The molecule has 4 aromatic rings. The molecular weight excluding hydrogens is 542 g/mol. The lowest BCUT2D eigenvalue weighted by molar-refractivity contribution is -0.130. The monoisotopic (exact) mass is 567 g/mol. The molecule has 0 radical (unpaired) electrons. The molecule has 0 aliphatic carbocycles. The van der Waals surface area contributed by atoms with Crippen molar-refractivity contribution in [3.63, 3.8) is 0 Å². The van der Waals surface area contributed by atoms with Crippen molar-refractivity contribution in [2.24, 2.45) is 11.8 Å². The number of carbonyl (C=O) groups is 4. The molecule has 3 aliphatic heterocycles. The molecule has 0 bridgehead atoms. The molecule has 4 N–H and O–H groups in total. The Morgan fingerprint density at radius 1 is 1.02 bits per heavy atom. The second-order valence-corrected chi connectivity index (χ2v) is 11.3. The van der Waals surface area contributed by atoms with Crippen LogP contribution in [0.2, 0.25) is 5.02 Å². The number of fused-ring (bicyclic) bond motifs is 5. The molecule has 3 aromatic carbocycles. The molecule has 7 rings (SSSR count). The first-order valence-corrected chi connectivity index (χ1v) is 13.8. The maximum absolute atomic E-state index is 14.3. The summed E-state index contributed by atoms with van der Waals surface area (Å²) < 4.78 is 0. The van der Waals surface area contributed by atoms with Gasteiger partial charge in [-0.1, -0.05) is 35.9 Å². The van der Waals surface area contributed by atoms with Crippen LogP contribution in [0.25, 0.3) is 10.9 Å². The first-order valence-electron chi connectivity index (χ1n) is 13.4. The number of aromatic nitrogens is 1. The first kappa shape index (κ1) is 25.5. The van der Waals surface area contributed by atoms with Crippen molar-refractivity contribution in [2.45, 2.75) is 31.8 Å². The Morgan fingerprint density at radius 2 is 1.78 bits per heavy atom. The number of benzene rings is 3. The van der Waals surface area contributed by atoms with Gasteiger partial charge in [0.2, 0.25) is 23.6 Å². The average molecular weight is 568 g/mol. The van der Waals surface area contributed by atoms with Gasteiger partial charge in [0.1, 0.15) is 5.54 Å². The zero-order chi connectivity index (χ0) is 28.6. The molecule has 4 atom stereocenters. The predicted octanol–water partition coefficient (Wildman–Crippen LogP) is 4.26. The lowest BCUT2D eigenvalue weighted by Crippen LogP contribution is -2.53. The number of imide groups is 1. The molecule has 41 heavy (non-hydrogen) atoms. The van der Waals surface area contributed by atoms with Crippen LogP contribution in [0.1, 0.15) is 23.6 Å². The van der Waals surface area contributed by atoms with Crippen molar-refractivity contribution >= 4 is 63.2 Å². The third-order valence-corrected chi connectivity index (χ3v) is 9.05. The van der Waals surface area contributed by atoms with E-state index < -0.39 is 29.3 Å². The van der Waals surface area contributed by atoms with Crippen LogP contribution in [0.4, 0.5) is 17.1 Å². The van der Waals surface area contributed by atoms with Crippen molar-refractivity contribution in [1.29, 1.82) is 0 Å². The van der Waals surface area contributed by atoms with E-state index in [1.807, 2.05) is 37.4 Å². The number of aromatic amines is 1. The Balaban J connectivity index is 1.35. The highest BCUT2D eigenvalue weighted by Crippen LogP contribution is 2.55. The summed E-state index contributed by atoms with van der Waals surface area (Å²) in [6, 6.07) is 17.4. The predicted molar refractivity (Wildman–Crippen MR) is 156 cm³/mol. The van der Waals surface area contributed by atoms with Gasteiger partial charge in [0.05, 0.1) is 23.2 Å². The topological polar surface area (TPSA) is 123 Å². The van der Waals surface area contributed by atoms with Gasteiger partial charge in [0.25, 0.3) is 0 Å². The SMILES string of the molecule is CC(=O)Nc1ccc(N2C(=O)[C@H]3[C@@H](C2=O)[C@]2(N[C@@H]3Cc3c[nH]c4ccccc34)C(=O)Nc3c2ccc(Cl)c3C)cc1. The fourth-order valence-electron chi connectivity index (χ4n) is 6.85. The zero-order valence-electron chi connectivity index (χ0n) is 22.2. The molecular formula is C31H26ClN5O4. The number of H-pyrrole nitrogens is 1. The van der Waals surface area contributed by atoms with Gasteiger partial charge in [-0.25, -0.2) is 4.90 Å². The number of anilines is 3. The maximum Gasteiger partial charge on any atom is 0.250 e. The Bertz CT molecular complexity index is 1800. The van der Waals surface area contributed by atoms with Crippen LogP contribution in [-0.4, -0.2) is 34.7 Å². The summed E-state index contributed by atoms with van der Waals surface area (Å²) in [5.74, 6) is -3.18. The van der Waals surface area contributed by atoms with E-state index in [2.05, 4.69) is 20.9 Å². The Hall–Kier alpha value is -4.47. The molecule has 3 aliphatic rings. The summed E-state index contributed by atoms with van der Waals surface area (Å²) in [5, 5.41) is 10.7. The number of carbonyl (C=O) groups excluding carboxylic acids is 4. The number of hydrogen-bond donors (Lipinski definition) is 4. The Morgan fingerprint density at radius 3 is 2.54 bits per heavy atom. The maximum atomic E-state index is 14.3. The highest BCUT2D eigenvalue weighted by atomic mass is 35.5. The summed E-state index contributed by atoms with van der Waals surface area (Å²) in [5.41, 5.74) is 3.33. The molecule has 4 amide bonds. The van der Waals surface area contributed by atoms with E-state index in [-0.39, 0.29) is 17.7 Å². The molecule has 9 nitrogen and oxygen atoms in total. The fourth-order valence-corrected chi connectivity index (χ4v) is 7.01. The minimum atomic E-state index is -1.44. The summed E-state index contributed by atoms with van der Waals surface area (Å²) in [6.45, 7) is 3.23. The summed E-state index contributed by atoms with van der Waals surface area (Å²) in [6.07, 6.45) is 2.34. The fraction of sp³-hybridized carbons (Fsp3) is 0.226. The molecule has 206 valence electrons. The standard InChI is InChI=1S/C31H26ClN5O4/c1-15-22(32)12-11-21-27(15)35-30(41)31(21)26-25(24(36-31)13-17-14-33-23-6-4-3-5-20(17)23)28(39)37(29(26)40)19-9-7-18(8-10-19)34-16(2)38/h3-12,14,24-26,33,36H,13H2,1-2H3,(H,34,38)(H,35,41)/t24-,25-,26+,31+/m1/s1. The number of nitrogens with zero attached hydrogens (tertiary/aromatic N) is 1. The van der Waals surface area contributed by atoms with Crippen molar-refractivity contribution in [1.82, 2.24) is 10.3 Å². The van der Waals surface area contributed by atoms with Crippen LogP contribution in [0.15, 0.2) is 66.9 Å². The van der Waals surface area contributed by atoms with Gasteiger partial charge in [0, 0.05) is 46.3 Å². The summed E-state index contributed by atoms with van der Waals surface area (Å²) in [4.78, 5) is 58.3. The van der Waals surface area contributed by atoms with E-state index in [9.17, 15) is 19.2 Å². The normalized spacial score (nSPS) is 24.7. The zero-order valence-corrected chi connectivity index (χ0v) is 23.0. The van der Waals surface area contributed by atoms with Gasteiger partial charge in [-0.3, -0.25) is 24.5 Å². The van der Waals surface area contributed by atoms with Crippen molar-refractivity contribution in [2.75, 3.05) is 15.5 Å². The van der Waals surface area contributed by atoms with E-state index in [0.717, 1.165) is 16.5 Å². The molecule has 0 saturated carbocycles. The molecule has 2 fully saturated rings. The van der Waals surface area contributed by atoms with Crippen LogP contribution in [0, 0.1) is 18.8 Å². The smallest absolute Gasteiger partial charge is 0.250 e.